The zero-order valence-electron chi connectivity index (χ0n) is 12.2. The lowest BCUT2D eigenvalue weighted by atomic mass is 9.99. The maximum atomic E-state index is 10.7. The van der Waals surface area contributed by atoms with Gasteiger partial charge in [-0.2, -0.15) is 0 Å². The molecule has 1 N–H and O–H groups in total. The molecular formula is C14H22N2O2S. The van der Waals surface area contributed by atoms with Crippen molar-refractivity contribution in [2.24, 2.45) is 5.92 Å². The van der Waals surface area contributed by atoms with Crippen LogP contribution in [0.5, 0.6) is 0 Å². The molecule has 0 aliphatic carbocycles. The standard InChI is InChI=1S/C14H22N2O2S/c1-10(2)12(8-15-14(3,4)5)6-11-7-13(16(17)18)19-9-11/h6-7,9-10,15H,8H2,1-5H3. The second-order valence-corrected chi connectivity index (χ2v) is 6.84. The minimum atomic E-state index is -0.343. The first-order chi connectivity index (χ1) is 8.69. The molecule has 5 heteroatoms. The molecule has 0 spiro atoms. The van der Waals surface area contributed by atoms with Crippen LogP contribution in [0.4, 0.5) is 5.00 Å². The largest absolute Gasteiger partial charge is 0.324 e. The van der Waals surface area contributed by atoms with Crippen molar-refractivity contribution in [2.45, 2.75) is 40.2 Å². The maximum absolute atomic E-state index is 10.7. The van der Waals surface area contributed by atoms with E-state index in [-0.39, 0.29) is 15.5 Å². The fraction of sp³-hybridized carbons (Fsp3) is 0.571. The van der Waals surface area contributed by atoms with Crippen molar-refractivity contribution < 1.29 is 4.92 Å². The summed E-state index contributed by atoms with van der Waals surface area (Å²) in [4.78, 5) is 10.3. The maximum Gasteiger partial charge on any atom is 0.324 e. The van der Waals surface area contributed by atoms with Crippen LogP contribution in [0.15, 0.2) is 17.0 Å². The molecule has 0 unspecified atom stereocenters. The van der Waals surface area contributed by atoms with Gasteiger partial charge in [-0.1, -0.05) is 36.8 Å². The van der Waals surface area contributed by atoms with Gasteiger partial charge in [0.05, 0.1) is 4.92 Å². The average molecular weight is 282 g/mol. The summed E-state index contributed by atoms with van der Waals surface area (Å²) in [7, 11) is 0. The van der Waals surface area contributed by atoms with Gasteiger partial charge >= 0.3 is 5.00 Å². The molecule has 0 fully saturated rings. The average Bonchev–Trinajstić information content (AvgIpc) is 2.70. The van der Waals surface area contributed by atoms with Gasteiger partial charge in [-0.3, -0.25) is 10.1 Å². The SMILES string of the molecule is CC(C)C(=Cc1csc([N+](=O)[O-])c1)CNC(C)(C)C. The Morgan fingerprint density at radius 3 is 2.58 bits per heavy atom. The zero-order valence-corrected chi connectivity index (χ0v) is 13.0. The third-order valence-corrected chi connectivity index (χ3v) is 3.60. The Morgan fingerprint density at radius 1 is 1.53 bits per heavy atom. The fourth-order valence-electron chi connectivity index (χ4n) is 1.51. The molecule has 1 aromatic heterocycles. The van der Waals surface area contributed by atoms with Crippen molar-refractivity contribution >= 4 is 22.4 Å². The molecule has 0 atom stereocenters. The van der Waals surface area contributed by atoms with Crippen LogP contribution in [0.1, 0.15) is 40.2 Å². The van der Waals surface area contributed by atoms with Gasteiger partial charge in [0.15, 0.2) is 0 Å². The van der Waals surface area contributed by atoms with Crippen molar-refractivity contribution in [2.75, 3.05) is 6.54 Å². The first kappa shape index (κ1) is 15.9. The summed E-state index contributed by atoms with van der Waals surface area (Å²) in [5.74, 6) is 0.411. The number of nitrogens with one attached hydrogen (secondary N) is 1. The lowest BCUT2D eigenvalue weighted by molar-refractivity contribution is -0.380. The van der Waals surface area contributed by atoms with Crippen LogP contribution in [-0.2, 0) is 0 Å². The molecular weight excluding hydrogens is 260 g/mol. The van der Waals surface area contributed by atoms with E-state index in [1.54, 1.807) is 6.07 Å². The highest BCUT2D eigenvalue weighted by Gasteiger charge is 2.13. The summed E-state index contributed by atoms with van der Waals surface area (Å²) in [6, 6.07) is 1.63. The second kappa shape index (κ2) is 6.30. The van der Waals surface area contributed by atoms with E-state index in [2.05, 4.69) is 39.9 Å². The predicted molar refractivity (Wildman–Crippen MR) is 81.5 cm³/mol. The highest BCUT2D eigenvalue weighted by Crippen LogP contribution is 2.25. The molecule has 4 nitrogen and oxygen atoms in total. The van der Waals surface area contributed by atoms with Crippen molar-refractivity contribution in [3.63, 3.8) is 0 Å². The van der Waals surface area contributed by atoms with Gasteiger partial charge in [0.1, 0.15) is 0 Å². The Hall–Kier alpha value is -1.20. The van der Waals surface area contributed by atoms with Crippen LogP contribution in [0.25, 0.3) is 6.08 Å². The molecule has 1 aromatic rings. The minimum Gasteiger partial charge on any atom is -0.308 e. The van der Waals surface area contributed by atoms with Crippen LogP contribution in [0.2, 0.25) is 0 Å². The number of hydrogen-bond donors (Lipinski definition) is 1. The van der Waals surface area contributed by atoms with Crippen LogP contribution in [0.3, 0.4) is 0 Å². The van der Waals surface area contributed by atoms with Crippen LogP contribution in [0, 0.1) is 16.0 Å². The molecule has 0 aliphatic rings. The molecule has 0 aromatic carbocycles. The summed E-state index contributed by atoms with van der Waals surface area (Å²) in [5, 5.41) is 16.2. The lowest BCUT2D eigenvalue weighted by Gasteiger charge is -2.23. The third-order valence-electron chi connectivity index (χ3n) is 2.70. The van der Waals surface area contributed by atoms with Gasteiger partial charge in [-0.25, -0.2) is 0 Å². The van der Waals surface area contributed by atoms with E-state index >= 15 is 0 Å². The van der Waals surface area contributed by atoms with Crippen molar-refractivity contribution in [3.05, 3.63) is 32.7 Å². The van der Waals surface area contributed by atoms with E-state index in [0.717, 1.165) is 12.1 Å². The Kier molecular flexibility index (Phi) is 5.26. The van der Waals surface area contributed by atoms with E-state index in [4.69, 9.17) is 0 Å². The molecule has 19 heavy (non-hydrogen) atoms. The number of nitro groups is 1. The van der Waals surface area contributed by atoms with E-state index < -0.39 is 0 Å². The molecule has 1 rings (SSSR count). The Bertz CT molecular complexity index is 470. The van der Waals surface area contributed by atoms with E-state index in [1.807, 2.05) is 11.5 Å². The molecule has 0 aliphatic heterocycles. The monoisotopic (exact) mass is 282 g/mol. The molecule has 0 saturated carbocycles. The number of hydrogen-bond acceptors (Lipinski definition) is 4. The van der Waals surface area contributed by atoms with E-state index in [9.17, 15) is 10.1 Å². The molecule has 0 saturated heterocycles. The summed E-state index contributed by atoms with van der Waals surface area (Å²) in [5.41, 5.74) is 2.23. The fourth-order valence-corrected chi connectivity index (χ4v) is 2.20. The molecule has 0 amide bonds. The van der Waals surface area contributed by atoms with E-state index in [0.29, 0.717) is 5.92 Å². The molecule has 1 heterocycles. The summed E-state index contributed by atoms with van der Waals surface area (Å²) >= 11 is 1.17. The number of nitrogens with zero attached hydrogens (tertiary/aromatic N) is 1. The van der Waals surface area contributed by atoms with Gasteiger partial charge < -0.3 is 5.32 Å². The van der Waals surface area contributed by atoms with Crippen molar-refractivity contribution in [1.82, 2.24) is 5.32 Å². The summed E-state index contributed by atoms with van der Waals surface area (Å²) in [6.07, 6.45) is 2.05. The van der Waals surface area contributed by atoms with Crippen LogP contribution in [-0.4, -0.2) is 17.0 Å². The Morgan fingerprint density at radius 2 is 2.16 bits per heavy atom. The Labute approximate surface area is 118 Å². The highest BCUT2D eigenvalue weighted by atomic mass is 32.1. The predicted octanol–water partition coefficient (Wildman–Crippen LogP) is 4.08. The molecule has 0 radical (unpaired) electrons. The third kappa shape index (κ3) is 5.53. The zero-order chi connectivity index (χ0) is 14.6. The summed E-state index contributed by atoms with van der Waals surface area (Å²) < 4.78 is 0. The summed E-state index contributed by atoms with van der Waals surface area (Å²) in [6.45, 7) is 11.4. The first-order valence-electron chi connectivity index (χ1n) is 6.37. The highest BCUT2D eigenvalue weighted by molar-refractivity contribution is 7.13. The quantitative estimate of drug-likeness (QED) is 0.654. The van der Waals surface area contributed by atoms with Gasteiger partial charge in [-0.05, 0) is 32.3 Å². The van der Waals surface area contributed by atoms with Crippen molar-refractivity contribution in [1.29, 1.82) is 0 Å². The second-order valence-electron chi connectivity index (χ2n) is 5.95. The van der Waals surface area contributed by atoms with Gasteiger partial charge in [0.25, 0.3) is 0 Å². The minimum absolute atomic E-state index is 0.0641. The van der Waals surface area contributed by atoms with Gasteiger partial charge in [0.2, 0.25) is 0 Å². The number of rotatable bonds is 5. The van der Waals surface area contributed by atoms with Crippen LogP contribution >= 0.6 is 11.3 Å². The lowest BCUT2D eigenvalue weighted by Crippen LogP contribution is -2.37. The molecule has 106 valence electrons. The molecule has 0 bridgehead atoms. The van der Waals surface area contributed by atoms with Gasteiger partial charge in [-0.15, -0.1) is 0 Å². The first-order valence-corrected chi connectivity index (χ1v) is 7.25. The van der Waals surface area contributed by atoms with Crippen molar-refractivity contribution in [3.8, 4) is 0 Å². The number of thiophene rings is 1. The van der Waals surface area contributed by atoms with Gasteiger partial charge in [0, 0.05) is 23.5 Å². The topological polar surface area (TPSA) is 55.2 Å². The van der Waals surface area contributed by atoms with E-state index in [1.165, 1.54) is 16.9 Å². The Balaban J connectivity index is 2.85. The normalized spacial score (nSPS) is 13.1. The van der Waals surface area contributed by atoms with Crippen LogP contribution < -0.4 is 5.32 Å². The smallest absolute Gasteiger partial charge is 0.308 e.